The zero-order valence-electron chi connectivity index (χ0n) is 18.6. The van der Waals surface area contributed by atoms with Crippen LogP contribution in [0, 0.1) is 0 Å². The van der Waals surface area contributed by atoms with Crippen LogP contribution in [-0.4, -0.2) is 56.3 Å². The topological polar surface area (TPSA) is 109 Å². The maximum absolute atomic E-state index is 12.8. The number of nitrogens with zero attached hydrogens (tertiary/aromatic N) is 1. The molecule has 2 rings (SSSR count). The van der Waals surface area contributed by atoms with Gasteiger partial charge in [-0.05, 0) is 38.0 Å². The quantitative estimate of drug-likeness (QED) is 0.389. The maximum Gasteiger partial charge on any atom is 0.338 e. The molecule has 0 aliphatic carbocycles. The average Bonchev–Trinajstić information content (AvgIpc) is 2.74. The van der Waals surface area contributed by atoms with Crippen molar-refractivity contribution < 1.29 is 23.9 Å². The molecule has 4 amide bonds. The van der Waals surface area contributed by atoms with Gasteiger partial charge in [-0.25, -0.2) is 14.4 Å². The first kappa shape index (κ1) is 24.2. The Labute approximate surface area is 183 Å². The number of hydrogen-bond donors (Lipinski definition) is 3. The lowest BCUT2D eigenvalue weighted by Crippen LogP contribution is -2.47. The minimum absolute atomic E-state index is 0.120. The van der Waals surface area contributed by atoms with Crippen LogP contribution in [0.15, 0.2) is 35.5 Å². The molecular formula is C22H32N4O5. The molecule has 9 nitrogen and oxygen atoms in total. The molecular weight excluding hydrogens is 400 g/mol. The number of allylic oxidation sites excluding steroid dienone is 1. The van der Waals surface area contributed by atoms with E-state index in [4.69, 9.17) is 9.47 Å². The molecule has 1 atom stereocenters. The van der Waals surface area contributed by atoms with E-state index < -0.39 is 12.0 Å². The number of unbranched alkanes of at least 4 members (excludes halogenated alkanes) is 1. The number of ether oxygens (including phenoxy) is 2. The van der Waals surface area contributed by atoms with Crippen LogP contribution in [0.4, 0.5) is 15.3 Å². The Balaban J connectivity index is 2.21. The summed E-state index contributed by atoms with van der Waals surface area (Å²) in [5.41, 5.74) is 2.24. The van der Waals surface area contributed by atoms with E-state index >= 15 is 0 Å². The molecule has 170 valence electrons. The molecule has 31 heavy (non-hydrogen) atoms. The SMILES string of the molecule is CCCCNC(=O)Nc1ccc(C2NC(=O)N(CC)C(C)=C2C(=O)OCCOC)cc1. The summed E-state index contributed by atoms with van der Waals surface area (Å²) < 4.78 is 10.3. The molecule has 9 heteroatoms. The Morgan fingerprint density at radius 1 is 1.16 bits per heavy atom. The van der Waals surface area contributed by atoms with Crippen LogP contribution in [0.25, 0.3) is 0 Å². The fraction of sp³-hybridized carbons (Fsp3) is 0.500. The van der Waals surface area contributed by atoms with E-state index in [9.17, 15) is 14.4 Å². The zero-order chi connectivity index (χ0) is 22.8. The van der Waals surface area contributed by atoms with Crippen molar-refractivity contribution in [3.63, 3.8) is 0 Å². The van der Waals surface area contributed by atoms with Gasteiger partial charge < -0.3 is 25.4 Å². The van der Waals surface area contributed by atoms with Gasteiger partial charge in [0.1, 0.15) is 6.61 Å². The Hall–Kier alpha value is -3.07. The maximum atomic E-state index is 12.8. The van der Waals surface area contributed by atoms with Crippen LogP contribution in [-0.2, 0) is 14.3 Å². The lowest BCUT2D eigenvalue weighted by atomic mass is 9.94. The normalized spacial score (nSPS) is 16.1. The monoisotopic (exact) mass is 432 g/mol. The van der Waals surface area contributed by atoms with Crippen molar-refractivity contribution in [2.45, 2.75) is 39.7 Å². The first-order valence-electron chi connectivity index (χ1n) is 10.5. The van der Waals surface area contributed by atoms with Crippen molar-refractivity contribution in [2.24, 2.45) is 0 Å². The standard InChI is InChI=1S/C22H32N4O5/c1-5-7-12-23-21(28)24-17-10-8-16(9-11-17)19-18(20(27)31-14-13-30-4)15(3)26(6-2)22(29)25-19/h8-11,19H,5-7,12-14H2,1-4H3,(H,25,29)(H2,23,24,28). The summed E-state index contributed by atoms with van der Waals surface area (Å²) in [6, 6.07) is 5.79. The van der Waals surface area contributed by atoms with Crippen molar-refractivity contribution in [1.29, 1.82) is 0 Å². The molecule has 0 saturated carbocycles. The highest BCUT2D eigenvalue weighted by atomic mass is 16.6. The molecule has 0 bridgehead atoms. The summed E-state index contributed by atoms with van der Waals surface area (Å²) in [4.78, 5) is 38.8. The molecule has 0 fully saturated rings. The molecule has 0 spiro atoms. The first-order chi connectivity index (χ1) is 14.9. The highest BCUT2D eigenvalue weighted by Gasteiger charge is 2.35. The van der Waals surface area contributed by atoms with Crippen molar-refractivity contribution in [1.82, 2.24) is 15.5 Å². The molecule has 1 aliphatic heterocycles. The summed E-state index contributed by atoms with van der Waals surface area (Å²) >= 11 is 0. The average molecular weight is 433 g/mol. The second kappa shape index (κ2) is 11.9. The molecule has 3 N–H and O–H groups in total. The van der Waals surface area contributed by atoms with E-state index in [1.165, 1.54) is 12.0 Å². The largest absolute Gasteiger partial charge is 0.460 e. The summed E-state index contributed by atoms with van der Waals surface area (Å²) in [6.45, 7) is 7.07. The second-order valence-electron chi connectivity index (χ2n) is 7.11. The van der Waals surface area contributed by atoms with E-state index in [2.05, 4.69) is 22.9 Å². The number of amides is 4. The van der Waals surface area contributed by atoms with Crippen LogP contribution in [0.2, 0.25) is 0 Å². The van der Waals surface area contributed by atoms with Gasteiger partial charge in [0.05, 0.1) is 18.2 Å². The molecule has 1 aliphatic rings. The predicted octanol–water partition coefficient (Wildman–Crippen LogP) is 3.16. The van der Waals surface area contributed by atoms with Gasteiger partial charge in [-0.2, -0.15) is 0 Å². The third-order valence-corrected chi connectivity index (χ3v) is 4.97. The predicted molar refractivity (Wildman–Crippen MR) is 118 cm³/mol. The van der Waals surface area contributed by atoms with Crippen molar-refractivity contribution in [3.05, 3.63) is 41.1 Å². The van der Waals surface area contributed by atoms with Gasteiger partial charge in [0, 0.05) is 31.6 Å². The number of benzene rings is 1. The Morgan fingerprint density at radius 2 is 1.87 bits per heavy atom. The van der Waals surface area contributed by atoms with Crippen molar-refractivity contribution >= 4 is 23.7 Å². The van der Waals surface area contributed by atoms with Gasteiger partial charge in [-0.3, -0.25) is 4.90 Å². The smallest absolute Gasteiger partial charge is 0.338 e. The number of nitrogens with one attached hydrogen (secondary N) is 3. The van der Waals surface area contributed by atoms with Crippen molar-refractivity contribution in [3.8, 4) is 0 Å². The number of anilines is 1. The Kier molecular flexibility index (Phi) is 9.33. The van der Waals surface area contributed by atoms with Gasteiger partial charge in [0.25, 0.3) is 0 Å². The number of rotatable bonds is 10. The fourth-order valence-corrected chi connectivity index (χ4v) is 3.28. The Morgan fingerprint density at radius 3 is 2.48 bits per heavy atom. The molecule has 1 unspecified atom stereocenters. The van der Waals surface area contributed by atoms with Gasteiger partial charge in [-0.15, -0.1) is 0 Å². The van der Waals surface area contributed by atoms with Crippen LogP contribution in [0.3, 0.4) is 0 Å². The highest BCUT2D eigenvalue weighted by molar-refractivity contribution is 5.95. The number of hydrogen-bond acceptors (Lipinski definition) is 5. The van der Waals surface area contributed by atoms with E-state index in [0.717, 1.165) is 12.8 Å². The Bertz CT molecular complexity index is 807. The van der Waals surface area contributed by atoms with Crippen LogP contribution in [0.5, 0.6) is 0 Å². The van der Waals surface area contributed by atoms with Crippen LogP contribution in [0.1, 0.15) is 45.2 Å². The molecule has 0 radical (unpaired) electrons. The third kappa shape index (κ3) is 6.45. The summed E-state index contributed by atoms with van der Waals surface area (Å²) in [5.74, 6) is -0.504. The highest BCUT2D eigenvalue weighted by Crippen LogP contribution is 2.31. The van der Waals surface area contributed by atoms with Crippen molar-refractivity contribution in [2.75, 3.05) is 38.7 Å². The zero-order valence-corrected chi connectivity index (χ0v) is 18.6. The summed E-state index contributed by atoms with van der Waals surface area (Å²) in [6.07, 6.45) is 1.91. The van der Waals surface area contributed by atoms with Gasteiger partial charge in [0.15, 0.2) is 0 Å². The first-order valence-corrected chi connectivity index (χ1v) is 10.5. The second-order valence-corrected chi connectivity index (χ2v) is 7.11. The molecule has 0 saturated heterocycles. The molecule has 1 aromatic carbocycles. The summed E-state index contributed by atoms with van der Waals surface area (Å²) in [7, 11) is 1.53. The number of carbonyl (C=O) groups excluding carboxylic acids is 3. The van der Waals surface area contributed by atoms with E-state index in [1.54, 1.807) is 31.2 Å². The number of urea groups is 2. The lowest BCUT2D eigenvalue weighted by Gasteiger charge is -2.34. The summed E-state index contributed by atoms with van der Waals surface area (Å²) in [5, 5.41) is 8.44. The van der Waals surface area contributed by atoms with Crippen LogP contribution >= 0.6 is 0 Å². The minimum atomic E-state index is -0.655. The minimum Gasteiger partial charge on any atom is -0.460 e. The fourth-order valence-electron chi connectivity index (χ4n) is 3.28. The molecule has 1 heterocycles. The third-order valence-electron chi connectivity index (χ3n) is 4.97. The number of esters is 1. The number of carbonyl (C=O) groups is 3. The molecule has 1 aromatic rings. The van der Waals surface area contributed by atoms with E-state index in [-0.39, 0.29) is 25.3 Å². The van der Waals surface area contributed by atoms with Crippen LogP contribution < -0.4 is 16.0 Å². The van der Waals surface area contributed by atoms with Gasteiger partial charge >= 0.3 is 18.0 Å². The lowest BCUT2D eigenvalue weighted by molar-refractivity contribution is -0.140. The van der Waals surface area contributed by atoms with E-state index in [0.29, 0.717) is 35.6 Å². The van der Waals surface area contributed by atoms with Gasteiger partial charge in [0.2, 0.25) is 0 Å². The number of methoxy groups -OCH3 is 1. The van der Waals surface area contributed by atoms with E-state index in [1.807, 2.05) is 6.92 Å². The van der Waals surface area contributed by atoms with Gasteiger partial charge in [-0.1, -0.05) is 25.5 Å². The molecule has 0 aromatic heterocycles.